The average molecular weight is 542 g/mol. The maximum Gasteiger partial charge on any atom is 0.462 e. The van der Waals surface area contributed by atoms with Crippen LogP contribution in [-0.2, 0) is 9.47 Å². The summed E-state index contributed by atoms with van der Waals surface area (Å²) in [5.74, 6) is -13.3. The zero-order valence-electron chi connectivity index (χ0n) is 17.0. The predicted octanol–water partition coefficient (Wildman–Crippen LogP) is 7.43. The Bertz CT molecular complexity index is 569. The summed E-state index contributed by atoms with van der Waals surface area (Å²) in [7, 11) is 2.18. The van der Waals surface area contributed by atoms with Crippen molar-refractivity contribution in [2.45, 2.75) is 81.1 Å². The Hall–Kier alpha value is -0.630. The average Bonchev–Trinajstić information content (AvgIpc) is 2.60. The molecule has 1 unspecified atom stereocenters. The summed E-state index contributed by atoms with van der Waals surface area (Å²) >= 11 is 0. The second-order valence-corrected chi connectivity index (χ2v) is 8.62. The van der Waals surface area contributed by atoms with Crippen LogP contribution in [0.1, 0.15) is 39.5 Å². The van der Waals surface area contributed by atoms with E-state index in [4.69, 9.17) is 0 Å². The van der Waals surface area contributed by atoms with E-state index in [1.807, 2.05) is 0 Å². The van der Waals surface area contributed by atoms with Crippen molar-refractivity contribution in [3.63, 3.8) is 0 Å². The first-order valence-corrected chi connectivity index (χ1v) is 9.65. The van der Waals surface area contributed by atoms with Crippen LogP contribution in [0.3, 0.4) is 0 Å². The third-order valence-electron chi connectivity index (χ3n) is 4.73. The minimum atomic E-state index is -6.58. The largest absolute Gasteiger partial charge is 0.462 e. The summed E-state index contributed by atoms with van der Waals surface area (Å²) < 4.78 is 182. The maximum absolute atomic E-state index is 13.1. The molecule has 0 amide bonds. The highest BCUT2D eigenvalue weighted by Gasteiger charge is 2.75. The van der Waals surface area contributed by atoms with Gasteiger partial charge in [0.1, 0.15) is 0 Å². The second kappa shape index (κ2) is 10.5. The van der Waals surface area contributed by atoms with Gasteiger partial charge in [-0.25, -0.2) is 0 Å². The molecule has 0 rings (SSSR count). The Morgan fingerprint density at radius 1 is 0.576 bits per heavy atom. The van der Waals surface area contributed by atoms with Gasteiger partial charge in [0, 0.05) is 0 Å². The molecule has 2 nitrogen and oxygen atoms in total. The first-order chi connectivity index (χ1) is 14.4. The molecule has 0 spiro atoms. The molecule has 0 fully saturated rings. The van der Waals surface area contributed by atoms with Crippen molar-refractivity contribution in [3.05, 3.63) is 0 Å². The normalized spacial score (nSPS) is 15.5. The molecular formula is C16H21F14O2P. The molecule has 0 aromatic rings. The highest BCUT2D eigenvalue weighted by atomic mass is 31.0. The lowest BCUT2D eigenvalue weighted by Crippen LogP contribution is -2.53. The van der Waals surface area contributed by atoms with Crippen molar-refractivity contribution in [1.29, 1.82) is 0 Å². The molecule has 0 aromatic carbocycles. The molecule has 0 heterocycles. The molecule has 0 aromatic heterocycles. The van der Waals surface area contributed by atoms with E-state index >= 15 is 0 Å². The van der Waals surface area contributed by atoms with Gasteiger partial charge in [-0.05, 0) is 36.8 Å². The van der Waals surface area contributed by atoms with Crippen LogP contribution < -0.4 is 0 Å². The fraction of sp³-hybridized carbons (Fsp3) is 1.00. The smallest absolute Gasteiger partial charge is 0.315 e. The Morgan fingerprint density at radius 2 is 0.848 bits per heavy atom. The topological polar surface area (TPSA) is 18.5 Å². The summed E-state index contributed by atoms with van der Waals surface area (Å²) in [6.07, 6.45) is -26.3. The highest BCUT2D eigenvalue weighted by Crippen LogP contribution is 2.48. The van der Waals surface area contributed by atoms with Crippen LogP contribution in [0.2, 0.25) is 0 Å². The fourth-order valence-electron chi connectivity index (χ4n) is 2.42. The Kier molecular flexibility index (Phi) is 10.3. The molecule has 0 radical (unpaired) electrons. The van der Waals surface area contributed by atoms with Crippen molar-refractivity contribution in [2.24, 2.45) is 5.92 Å². The van der Waals surface area contributed by atoms with Crippen molar-refractivity contribution < 1.29 is 70.9 Å². The lowest BCUT2D eigenvalue weighted by molar-refractivity contribution is -0.424. The van der Waals surface area contributed by atoms with Crippen LogP contribution in [0, 0.1) is 5.92 Å². The molecule has 33 heavy (non-hydrogen) atoms. The standard InChI is InChI=1S/C16H21F14O2P/c1-9(2)10(33,5-3-7-31-15(27,28)11(17,18)13(21,22)23)6-4-8-32-16(29,30)12(19,20)14(24,25)26/h9H,3-8,33H2,1-2H3. The van der Waals surface area contributed by atoms with Crippen molar-refractivity contribution in [3.8, 4) is 0 Å². The summed E-state index contributed by atoms with van der Waals surface area (Å²) in [6, 6.07) is 0. The van der Waals surface area contributed by atoms with Gasteiger partial charge in [0.15, 0.2) is 0 Å². The van der Waals surface area contributed by atoms with Crippen LogP contribution in [0.5, 0.6) is 0 Å². The molecule has 0 aliphatic rings. The van der Waals surface area contributed by atoms with Crippen molar-refractivity contribution in [1.82, 2.24) is 0 Å². The van der Waals surface area contributed by atoms with E-state index in [2.05, 4.69) is 18.7 Å². The SMILES string of the molecule is CC(C)C(P)(CCCOC(F)(F)C(F)(F)C(F)(F)F)CCCOC(F)(F)C(F)(F)C(F)(F)F. The van der Waals surface area contributed by atoms with Gasteiger partial charge in [0.2, 0.25) is 0 Å². The minimum absolute atomic E-state index is 0.210. The van der Waals surface area contributed by atoms with Crippen LogP contribution in [0.15, 0.2) is 0 Å². The van der Waals surface area contributed by atoms with Gasteiger partial charge in [-0.3, -0.25) is 0 Å². The summed E-state index contributed by atoms with van der Waals surface area (Å²) in [4.78, 5) is 0. The van der Waals surface area contributed by atoms with E-state index < -0.39 is 73.5 Å². The minimum Gasteiger partial charge on any atom is -0.315 e. The Balaban J connectivity index is 4.85. The van der Waals surface area contributed by atoms with E-state index in [1.165, 1.54) is 13.8 Å². The van der Waals surface area contributed by atoms with Crippen LogP contribution >= 0.6 is 9.24 Å². The summed E-state index contributed by atoms with van der Waals surface area (Å²) in [5, 5.41) is -1.07. The molecule has 0 aliphatic carbocycles. The molecule has 17 heteroatoms. The van der Waals surface area contributed by atoms with Gasteiger partial charge in [-0.1, -0.05) is 13.8 Å². The maximum atomic E-state index is 13.1. The number of halogens is 14. The zero-order valence-corrected chi connectivity index (χ0v) is 18.2. The third kappa shape index (κ3) is 7.68. The lowest BCUT2D eigenvalue weighted by Gasteiger charge is -2.35. The van der Waals surface area contributed by atoms with Crippen LogP contribution in [-0.4, -0.2) is 54.8 Å². The molecule has 0 aliphatic heterocycles. The summed E-state index contributed by atoms with van der Waals surface area (Å²) in [5.41, 5.74) is 0. The van der Waals surface area contributed by atoms with Crippen molar-refractivity contribution in [2.75, 3.05) is 13.2 Å². The van der Waals surface area contributed by atoms with E-state index in [9.17, 15) is 61.5 Å². The van der Waals surface area contributed by atoms with Gasteiger partial charge < -0.3 is 9.47 Å². The van der Waals surface area contributed by atoms with Gasteiger partial charge >= 0.3 is 36.4 Å². The number of ether oxygens (including phenoxy) is 2. The fourth-order valence-corrected chi connectivity index (χ4v) is 2.83. The molecule has 0 N–H and O–H groups in total. The van der Waals surface area contributed by atoms with Crippen LogP contribution in [0.25, 0.3) is 0 Å². The first-order valence-electron chi connectivity index (χ1n) is 9.07. The van der Waals surface area contributed by atoms with Gasteiger partial charge in [0.05, 0.1) is 13.2 Å². The van der Waals surface area contributed by atoms with E-state index in [1.54, 1.807) is 0 Å². The number of alkyl halides is 14. The molecular weight excluding hydrogens is 521 g/mol. The second-order valence-electron chi connectivity index (χ2n) is 7.47. The molecule has 1 atom stereocenters. The van der Waals surface area contributed by atoms with E-state index in [0.717, 1.165) is 0 Å². The monoisotopic (exact) mass is 542 g/mol. The van der Waals surface area contributed by atoms with Crippen LogP contribution in [0.4, 0.5) is 61.5 Å². The molecule has 0 saturated carbocycles. The zero-order chi connectivity index (χ0) is 26.7. The van der Waals surface area contributed by atoms with Gasteiger partial charge in [0.25, 0.3) is 0 Å². The Morgan fingerprint density at radius 3 is 1.06 bits per heavy atom. The van der Waals surface area contributed by atoms with E-state index in [-0.39, 0.29) is 12.8 Å². The number of rotatable bonds is 13. The summed E-state index contributed by atoms with van der Waals surface area (Å²) in [6.45, 7) is 0.531. The van der Waals surface area contributed by atoms with Gasteiger partial charge in [-0.15, -0.1) is 9.24 Å². The highest BCUT2D eigenvalue weighted by molar-refractivity contribution is 7.19. The van der Waals surface area contributed by atoms with Crippen molar-refractivity contribution >= 4 is 9.24 Å². The quantitative estimate of drug-likeness (QED) is 0.137. The van der Waals surface area contributed by atoms with Gasteiger partial charge in [-0.2, -0.15) is 61.5 Å². The third-order valence-corrected chi connectivity index (χ3v) is 5.98. The number of hydrogen-bond donors (Lipinski definition) is 0. The Labute approximate surface area is 181 Å². The lowest BCUT2D eigenvalue weighted by atomic mass is 9.86. The first kappa shape index (κ1) is 32.4. The van der Waals surface area contributed by atoms with E-state index in [0.29, 0.717) is 0 Å². The molecule has 200 valence electrons. The molecule has 0 saturated heterocycles. The molecule has 0 bridgehead atoms. The number of hydrogen-bond acceptors (Lipinski definition) is 2. The predicted molar refractivity (Wildman–Crippen MR) is 89.5 cm³/mol.